The summed E-state index contributed by atoms with van der Waals surface area (Å²) in [5, 5.41) is 6.65. The zero-order valence-electron chi connectivity index (χ0n) is 30.8. The van der Waals surface area contributed by atoms with Crippen LogP contribution in [-0.2, 0) is 13.0 Å². The van der Waals surface area contributed by atoms with Crippen LogP contribution in [0.3, 0.4) is 0 Å². The van der Waals surface area contributed by atoms with Crippen molar-refractivity contribution in [2.24, 2.45) is 27.7 Å². The molecule has 264 valence electrons. The molecular weight excluding hydrogens is 611 g/mol. The third-order valence-corrected chi connectivity index (χ3v) is 9.28. The van der Waals surface area contributed by atoms with Crippen LogP contribution in [0.1, 0.15) is 104 Å². The van der Waals surface area contributed by atoms with Gasteiger partial charge in [-0.15, -0.1) is 0 Å². The highest BCUT2D eigenvalue weighted by Crippen LogP contribution is 2.29. The van der Waals surface area contributed by atoms with E-state index in [1.54, 1.807) is 5.01 Å². The minimum atomic E-state index is -0.171. The first-order chi connectivity index (χ1) is 23.6. The van der Waals surface area contributed by atoms with Gasteiger partial charge in [0.15, 0.2) is 0 Å². The Bertz CT molecular complexity index is 1600. The summed E-state index contributed by atoms with van der Waals surface area (Å²) in [4.78, 5) is 11.9. The molecule has 0 amide bonds. The Labute approximate surface area is 294 Å². The van der Waals surface area contributed by atoms with Gasteiger partial charge in [0, 0.05) is 30.6 Å². The van der Waals surface area contributed by atoms with Gasteiger partial charge >= 0.3 is 0 Å². The molecule has 8 heteroatoms. The van der Waals surface area contributed by atoms with Gasteiger partial charge in [-0.1, -0.05) is 58.9 Å². The normalized spacial score (nSPS) is 16.7. The van der Waals surface area contributed by atoms with Crippen molar-refractivity contribution in [3.05, 3.63) is 100 Å². The number of guanidine groups is 1. The molecule has 7 nitrogen and oxygen atoms in total. The fourth-order valence-corrected chi connectivity index (χ4v) is 5.93. The Hall–Kier alpha value is -4.04. The van der Waals surface area contributed by atoms with E-state index in [1.807, 2.05) is 31.5 Å². The molecule has 0 fully saturated rings. The van der Waals surface area contributed by atoms with Gasteiger partial charge < -0.3 is 10.5 Å². The third-order valence-electron chi connectivity index (χ3n) is 9.28. The molecule has 2 heterocycles. The first kappa shape index (κ1) is 37.8. The lowest BCUT2D eigenvalue weighted by atomic mass is 9.97. The van der Waals surface area contributed by atoms with Crippen molar-refractivity contribution < 1.29 is 9.13 Å². The molecule has 1 aromatic carbocycles. The summed E-state index contributed by atoms with van der Waals surface area (Å²) in [5.41, 5.74) is 14.4. The second-order valence-corrected chi connectivity index (χ2v) is 13.9. The molecule has 4 rings (SSSR count). The Morgan fingerprint density at radius 3 is 2.59 bits per heavy atom. The number of hydrogen-bond acceptors (Lipinski definition) is 7. The van der Waals surface area contributed by atoms with Crippen molar-refractivity contribution in [3.8, 4) is 5.75 Å². The second kappa shape index (κ2) is 18.6. The summed E-state index contributed by atoms with van der Waals surface area (Å²) in [7, 11) is 0. The summed E-state index contributed by atoms with van der Waals surface area (Å²) >= 11 is 0. The van der Waals surface area contributed by atoms with Gasteiger partial charge in [0.2, 0.25) is 5.96 Å². The number of pyridine rings is 1. The van der Waals surface area contributed by atoms with Crippen molar-refractivity contribution in [3.63, 3.8) is 0 Å². The first-order valence-electron chi connectivity index (χ1n) is 18.1. The van der Waals surface area contributed by atoms with E-state index in [9.17, 15) is 4.39 Å². The van der Waals surface area contributed by atoms with E-state index < -0.39 is 0 Å². The van der Waals surface area contributed by atoms with Crippen molar-refractivity contribution >= 4 is 17.4 Å². The van der Waals surface area contributed by atoms with Gasteiger partial charge in [0.25, 0.3) is 0 Å². The molecular formula is C41H57FN6O. The maximum absolute atomic E-state index is 14.8. The van der Waals surface area contributed by atoms with Gasteiger partial charge in [0.05, 0.1) is 23.7 Å². The molecule has 0 saturated carbocycles. The highest BCUT2D eigenvalue weighted by atomic mass is 19.1. The number of nitrogens with zero attached hydrogens (tertiary/aromatic N) is 5. The Kier molecular flexibility index (Phi) is 14.4. The molecule has 1 aliphatic carbocycles. The Balaban J connectivity index is 1.37. The van der Waals surface area contributed by atoms with Crippen LogP contribution < -0.4 is 10.5 Å². The predicted octanol–water partition coefficient (Wildman–Crippen LogP) is 9.43. The van der Waals surface area contributed by atoms with Crippen molar-refractivity contribution in [2.75, 3.05) is 19.7 Å². The van der Waals surface area contributed by atoms with Crippen LogP contribution in [0.25, 0.3) is 5.70 Å². The van der Waals surface area contributed by atoms with E-state index in [0.29, 0.717) is 30.2 Å². The fraction of sp³-hybridized carbons (Fsp3) is 0.488. The molecule has 49 heavy (non-hydrogen) atoms. The Morgan fingerprint density at radius 1 is 1.08 bits per heavy atom. The molecule has 0 saturated heterocycles. The van der Waals surface area contributed by atoms with E-state index in [0.717, 1.165) is 98.4 Å². The SMILES string of the molecule is CCCN(CC[C@H](C)CCc1ccc(OCCC(C)C)cc1F)Cc1cncc(C2=C/C(=C(/C)CC)N(/N=C(\C)C3=CC=CC3)C(N)=N2)c1. The maximum Gasteiger partial charge on any atom is 0.222 e. The van der Waals surface area contributed by atoms with Crippen LogP contribution in [0.2, 0.25) is 0 Å². The van der Waals surface area contributed by atoms with Gasteiger partial charge in [-0.3, -0.25) is 9.88 Å². The standard InChI is InChI=1S/C41H57FN6O/c1-8-20-47(21-18-30(5)14-15-35-16-17-37(24-38(35)42)49-22-19-29(3)4)28-33-23-36(27-44-26-33)39-25-40(31(6)9-2)48(41(43)45-39)46-32(7)34-12-10-11-13-34/h10-12,16-17,23-27,29-30H,8-9,13-15,18-22,28H2,1-7H3,(H2,43,45)/b40-31+,46-32+/t30-/m1/s1. The largest absolute Gasteiger partial charge is 0.493 e. The lowest BCUT2D eigenvalue weighted by Gasteiger charge is -2.27. The van der Waals surface area contributed by atoms with E-state index in [4.69, 9.17) is 20.6 Å². The monoisotopic (exact) mass is 668 g/mol. The minimum absolute atomic E-state index is 0.171. The van der Waals surface area contributed by atoms with Crippen LogP contribution >= 0.6 is 0 Å². The van der Waals surface area contributed by atoms with Crippen LogP contribution in [0, 0.1) is 17.7 Å². The van der Waals surface area contributed by atoms with E-state index in [-0.39, 0.29) is 5.82 Å². The van der Waals surface area contributed by atoms with E-state index >= 15 is 0 Å². The Morgan fingerprint density at radius 2 is 1.90 bits per heavy atom. The summed E-state index contributed by atoms with van der Waals surface area (Å²) in [6, 6.07) is 7.50. The molecule has 0 spiro atoms. The number of allylic oxidation sites excluding steroid dienone is 6. The summed E-state index contributed by atoms with van der Waals surface area (Å²) in [5.74, 6) is 1.83. The average Bonchev–Trinajstić information content (AvgIpc) is 3.63. The quantitative estimate of drug-likeness (QED) is 0.160. The van der Waals surface area contributed by atoms with Gasteiger partial charge in [-0.05, 0) is 124 Å². The number of nitrogens with two attached hydrogens (primary N) is 1. The van der Waals surface area contributed by atoms with Crippen LogP contribution in [0.4, 0.5) is 4.39 Å². The first-order valence-corrected chi connectivity index (χ1v) is 18.1. The lowest BCUT2D eigenvalue weighted by molar-refractivity contribution is 0.244. The average molecular weight is 669 g/mol. The molecule has 0 bridgehead atoms. The minimum Gasteiger partial charge on any atom is -0.493 e. The molecule has 1 aromatic heterocycles. The zero-order chi connectivity index (χ0) is 35.3. The van der Waals surface area contributed by atoms with Crippen LogP contribution in [-0.4, -0.2) is 46.3 Å². The zero-order valence-corrected chi connectivity index (χ0v) is 30.8. The molecule has 2 aromatic rings. The molecule has 1 atom stereocenters. The van der Waals surface area contributed by atoms with Crippen LogP contribution in [0.15, 0.2) is 87.9 Å². The van der Waals surface area contributed by atoms with Crippen LogP contribution in [0.5, 0.6) is 5.75 Å². The number of ether oxygens (including phenoxy) is 1. The van der Waals surface area contributed by atoms with Gasteiger partial charge in [-0.25, -0.2) is 14.4 Å². The van der Waals surface area contributed by atoms with Crippen molar-refractivity contribution in [1.29, 1.82) is 0 Å². The van der Waals surface area contributed by atoms with Gasteiger partial charge in [0.1, 0.15) is 11.6 Å². The fourth-order valence-electron chi connectivity index (χ4n) is 5.93. The highest BCUT2D eigenvalue weighted by molar-refractivity contribution is 6.00. The smallest absolute Gasteiger partial charge is 0.222 e. The van der Waals surface area contributed by atoms with Gasteiger partial charge in [-0.2, -0.15) is 5.10 Å². The molecule has 2 aliphatic rings. The van der Waals surface area contributed by atoms with E-state index in [2.05, 4.69) is 81.8 Å². The summed E-state index contributed by atoms with van der Waals surface area (Å²) in [6.45, 7) is 18.5. The third kappa shape index (κ3) is 11.2. The highest BCUT2D eigenvalue weighted by Gasteiger charge is 2.22. The lowest BCUT2D eigenvalue weighted by Crippen LogP contribution is -2.35. The molecule has 0 unspecified atom stereocenters. The number of halogens is 1. The number of hydrazone groups is 1. The molecule has 0 radical (unpaired) electrons. The predicted molar refractivity (Wildman–Crippen MR) is 203 cm³/mol. The number of rotatable bonds is 18. The molecule has 2 N–H and O–H groups in total. The number of aromatic nitrogens is 1. The number of hydrogen-bond donors (Lipinski definition) is 1. The van der Waals surface area contributed by atoms with Crippen molar-refractivity contribution in [1.82, 2.24) is 14.9 Å². The number of aryl methyl sites for hydroxylation is 1. The summed E-state index contributed by atoms with van der Waals surface area (Å²) < 4.78 is 20.5. The number of benzene rings is 1. The molecule has 1 aliphatic heterocycles. The van der Waals surface area contributed by atoms with Crippen molar-refractivity contribution in [2.45, 2.75) is 100.0 Å². The summed E-state index contributed by atoms with van der Waals surface area (Å²) in [6.07, 6.45) is 18.7. The maximum atomic E-state index is 14.8. The topological polar surface area (TPSA) is 79.3 Å². The van der Waals surface area contributed by atoms with E-state index in [1.165, 1.54) is 17.2 Å². The second-order valence-electron chi connectivity index (χ2n) is 13.9. The number of aliphatic imine (C=N–C) groups is 1.